The van der Waals surface area contributed by atoms with E-state index in [1.165, 1.54) is 11.8 Å². The van der Waals surface area contributed by atoms with Gasteiger partial charge in [0.15, 0.2) is 9.84 Å². The van der Waals surface area contributed by atoms with Crippen LogP contribution in [0.4, 0.5) is 0 Å². The van der Waals surface area contributed by atoms with E-state index in [1.54, 1.807) is 0 Å². The number of nitrogens with zero attached hydrogens (tertiary/aromatic N) is 1. The summed E-state index contributed by atoms with van der Waals surface area (Å²) in [5.41, 5.74) is 0. The molecule has 1 aliphatic heterocycles. The molecular formula is C10H17NO5S. The Balaban J connectivity index is 2.89. The van der Waals surface area contributed by atoms with Gasteiger partial charge in [-0.15, -0.1) is 0 Å². The normalized spacial score (nSPS) is 23.2. The third kappa shape index (κ3) is 3.18. The minimum absolute atomic E-state index is 0.315. The summed E-state index contributed by atoms with van der Waals surface area (Å²) in [7, 11) is -3.48. The molecule has 0 spiro atoms. The van der Waals surface area contributed by atoms with Crippen LogP contribution in [0.15, 0.2) is 0 Å². The van der Waals surface area contributed by atoms with Crippen molar-refractivity contribution in [1.29, 1.82) is 0 Å². The second-order valence-electron chi connectivity index (χ2n) is 4.35. The fourth-order valence-corrected chi connectivity index (χ4v) is 2.37. The Labute approximate surface area is 101 Å². The smallest absolute Gasteiger partial charge is 0.326 e. The van der Waals surface area contributed by atoms with E-state index in [-0.39, 0.29) is 0 Å². The highest BCUT2D eigenvalue weighted by molar-refractivity contribution is 7.92. The molecule has 0 saturated carbocycles. The molecule has 7 heteroatoms. The zero-order valence-corrected chi connectivity index (χ0v) is 10.7. The van der Waals surface area contributed by atoms with Crippen LogP contribution in [0, 0.1) is 0 Å². The molecule has 0 aromatic rings. The van der Waals surface area contributed by atoms with Gasteiger partial charge in [-0.2, -0.15) is 0 Å². The van der Waals surface area contributed by atoms with Crippen LogP contribution in [0.1, 0.15) is 26.2 Å². The lowest BCUT2D eigenvalue weighted by atomic mass is 10.0. The van der Waals surface area contributed by atoms with Crippen molar-refractivity contribution in [2.45, 2.75) is 37.5 Å². The maximum absolute atomic E-state index is 11.9. The molecule has 0 radical (unpaired) electrons. The van der Waals surface area contributed by atoms with Gasteiger partial charge in [-0.3, -0.25) is 4.79 Å². The molecule has 98 valence electrons. The number of carbonyl (C=O) groups excluding carboxylic acids is 1. The van der Waals surface area contributed by atoms with Crippen LogP contribution in [0.5, 0.6) is 0 Å². The largest absolute Gasteiger partial charge is 0.480 e. The number of carboxylic acid groups (broad SMARTS) is 1. The topological polar surface area (TPSA) is 91.8 Å². The van der Waals surface area contributed by atoms with Crippen LogP contribution in [-0.4, -0.2) is 54.4 Å². The molecule has 0 aromatic heterocycles. The van der Waals surface area contributed by atoms with Gasteiger partial charge in [-0.05, 0) is 26.2 Å². The van der Waals surface area contributed by atoms with Crippen LogP contribution < -0.4 is 0 Å². The molecule has 2 atom stereocenters. The summed E-state index contributed by atoms with van der Waals surface area (Å²) in [6.07, 6.45) is 2.83. The van der Waals surface area contributed by atoms with Gasteiger partial charge >= 0.3 is 5.97 Å². The lowest BCUT2D eigenvalue weighted by Gasteiger charge is -2.34. The Morgan fingerprint density at radius 2 is 1.94 bits per heavy atom. The van der Waals surface area contributed by atoms with Crippen LogP contribution in [0.2, 0.25) is 0 Å². The van der Waals surface area contributed by atoms with Gasteiger partial charge in [0.2, 0.25) is 5.91 Å². The van der Waals surface area contributed by atoms with Crippen LogP contribution in [0.25, 0.3) is 0 Å². The van der Waals surface area contributed by atoms with E-state index in [9.17, 15) is 18.0 Å². The molecule has 1 fully saturated rings. The van der Waals surface area contributed by atoms with E-state index >= 15 is 0 Å². The van der Waals surface area contributed by atoms with Crippen molar-refractivity contribution >= 4 is 21.7 Å². The first kappa shape index (κ1) is 14.0. The van der Waals surface area contributed by atoms with Crippen molar-refractivity contribution in [3.63, 3.8) is 0 Å². The van der Waals surface area contributed by atoms with E-state index in [0.717, 1.165) is 12.7 Å². The van der Waals surface area contributed by atoms with Gasteiger partial charge in [-0.25, -0.2) is 13.2 Å². The van der Waals surface area contributed by atoms with Crippen molar-refractivity contribution in [1.82, 2.24) is 4.90 Å². The zero-order valence-electron chi connectivity index (χ0n) is 9.92. The van der Waals surface area contributed by atoms with Crippen molar-refractivity contribution in [3.05, 3.63) is 0 Å². The first-order valence-electron chi connectivity index (χ1n) is 5.47. The average molecular weight is 263 g/mol. The average Bonchev–Trinajstić information content (AvgIpc) is 2.25. The minimum atomic E-state index is -3.48. The Hall–Kier alpha value is -1.11. The standard InChI is InChI=1S/C10H17NO5S/c1-7(17(2,15)16)9(12)11-6-4-3-5-8(11)10(13)14/h7-8H,3-6H2,1-2H3,(H,13,14)/t7-,8-/m1/s1. The number of piperidine rings is 1. The number of carbonyl (C=O) groups is 2. The van der Waals surface area contributed by atoms with E-state index in [0.29, 0.717) is 19.4 Å². The highest BCUT2D eigenvalue weighted by atomic mass is 32.2. The Morgan fingerprint density at radius 1 is 1.35 bits per heavy atom. The quantitative estimate of drug-likeness (QED) is 0.766. The molecule has 6 nitrogen and oxygen atoms in total. The number of aliphatic carboxylic acids is 1. The molecule has 1 saturated heterocycles. The lowest BCUT2D eigenvalue weighted by Crippen LogP contribution is -2.52. The van der Waals surface area contributed by atoms with Crippen molar-refractivity contribution < 1.29 is 23.1 Å². The molecule has 1 heterocycles. The van der Waals surface area contributed by atoms with E-state index in [4.69, 9.17) is 5.11 Å². The summed E-state index contributed by atoms with van der Waals surface area (Å²) in [6, 6.07) is -0.888. The number of sulfone groups is 1. The van der Waals surface area contributed by atoms with Crippen LogP contribution in [0.3, 0.4) is 0 Å². The number of rotatable bonds is 3. The number of carboxylic acids is 1. The molecule has 0 aromatic carbocycles. The molecule has 1 rings (SSSR count). The first-order valence-corrected chi connectivity index (χ1v) is 7.42. The predicted octanol–water partition coefficient (Wildman–Crippen LogP) is -0.115. The second-order valence-corrected chi connectivity index (χ2v) is 6.72. The summed E-state index contributed by atoms with van der Waals surface area (Å²) in [4.78, 5) is 24.1. The third-order valence-electron chi connectivity index (χ3n) is 3.06. The Bertz CT molecular complexity index is 416. The van der Waals surface area contributed by atoms with Crippen molar-refractivity contribution in [2.75, 3.05) is 12.8 Å². The highest BCUT2D eigenvalue weighted by Gasteiger charge is 2.36. The number of hydrogen-bond acceptors (Lipinski definition) is 4. The number of amides is 1. The zero-order chi connectivity index (χ0) is 13.2. The molecule has 1 N–H and O–H groups in total. The summed E-state index contributed by atoms with van der Waals surface area (Å²) in [5, 5.41) is 7.82. The first-order chi connectivity index (χ1) is 7.75. The summed E-state index contributed by atoms with van der Waals surface area (Å²) >= 11 is 0. The number of likely N-dealkylation sites (tertiary alicyclic amines) is 1. The SMILES string of the molecule is C[C@H](C(=O)N1CCCC[C@@H]1C(=O)O)S(C)(=O)=O. The fraction of sp³-hybridized carbons (Fsp3) is 0.800. The van der Waals surface area contributed by atoms with E-state index in [2.05, 4.69) is 0 Å². The van der Waals surface area contributed by atoms with Gasteiger partial charge in [-0.1, -0.05) is 0 Å². The molecule has 0 aliphatic carbocycles. The van der Waals surface area contributed by atoms with Gasteiger partial charge in [0.05, 0.1) is 0 Å². The summed E-state index contributed by atoms with van der Waals surface area (Å²) < 4.78 is 22.6. The van der Waals surface area contributed by atoms with Gasteiger partial charge in [0.25, 0.3) is 0 Å². The predicted molar refractivity (Wildman–Crippen MR) is 61.3 cm³/mol. The van der Waals surface area contributed by atoms with Gasteiger partial charge in [0, 0.05) is 12.8 Å². The van der Waals surface area contributed by atoms with Crippen molar-refractivity contribution in [3.8, 4) is 0 Å². The molecule has 1 amide bonds. The van der Waals surface area contributed by atoms with E-state index in [1.807, 2.05) is 0 Å². The molecule has 0 unspecified atom stereocenters. The van der Waals surface area contributed by atoms with Crippen molar-refractivity contribution in [2.24, 2.45) is 0 Å². The van der Waals surface area contributed by atoms with E-state index < -0.39 is 33.0 Å². The highest BCUT2D eigenvalue weighted by Crippen LogP contribution is 2.19. The summed E-state index contributed by atoms with van der Waals surface area (Å²) in [5.74, 6) is -1.68. The molecule has 17 heavy (non-hydrogen) atoms. The van der Waals surface area contributed by atoms with Gasteiger partial charge < -0.3 is 10.0 Å². The number of hydrogen-bond donors (Lipinski definition) is 1. The monoisotopic (exact) mass is 263 g/mol. The third-order valence-corrected chi connectivity index (χ3v) is 4.55. The Kier molecular flexibility index (Phi) is 4.13. The maximum Gasteiger partial charge on any atom is 0.326 e. The van der Waals surface area contributed by atoms with Crippen LogP contribution >= 0.6 is 0 Å². The molecule has 0 bridgehead atoms. The Morgan fingerprint density at radius 3 is 2.41 bits per heavy atom. The maximum atomic E-state index is 11.9. The lowest BCUT2D eigenvalue weighted by molar-refractivity contribution is -0.151. The fourth-order valence-electron chi connectivity index (χ4n) is 1.87. The second kappa shape index (κ2) is 5.03. The molecular weight excluding hydrogens is 246 g/mol. The van der Waals surface area contributed by atoms with Gasteiger partial charge in [0.1, 0.15) is 11.3 Å². The molecule has 1 aliphatic rings. The summed E-state index contributed by atoms with van der Waals surface area (Å²) in [6.45, 7) is 1.61. The van der Waals surface area contributed by atoms with Crippen LogP contribution in [-0.2, 0) is 19.4 Å². The minimum Gasteiger partial charge on any atom is -0.480 e.